The van der Waals surface area contributed by atoms with E-state index in [0.717, 1.165) is 5.92 Å². The first-order chi connectivity index (χ1) is 10.5. The van der Waals surface area contributed by atoms with Crippen molar-refractivity contribution in [3.63, 3.8) is 0 Å². The van der Waals surface area contributed by atoms with Gasteiger partial charge < -0.3 is 0 Å². The van der Waals surface area contributed by atoms with E-state index in [0.29, 0.717) is 23.2 Å². The summed E-state index contributed by atoms with van der Waals surface area (Å²) in [6.07, 6.45) is 18.5. The normalized spacial score (nSPS) is 36.0. The van der Waals surface area contributed by atoms with Crippen LogP contribution in [0.1, 0.15) is 47.0 Å². The lowest BCUT2D eigenvalue weighted by Crippen LogP contribution is -2.40. The second kappa shape index (κ2) is 4.85. The molecule has 4 rings (SSSR count). The van der Waals surface area contributed by atoms with Gasteiger partial charge >= 0.3 is 0 Å². The van der Waals surface area contributed by atoms with Crippen LogP contribution < -0.4 is 0 Å². The van der Waals surface area contributed by atoms with Gasteiger partial charge in [-0.25, -0.2) is 0 Å². The van der Waals surface area contributed by atoms with Gasteiger partial charge in [-0.15, -0.1) is 0 Å². The predicted octanol–water partition coefficient (Wildman–Crippen LogP) is 6.00. The fourth-order valence-electron chi connectivity index (χ4n) is 5.15. The van der Waals surface area contributed by atoms with Gasteiger partial charge in [0.15, 0.2) is 0 Å². The number of rotatable bonds is 2. The average molecular weight is 292 g/mol. The van der Waals surface area contributed by atoms with Crippen LogP contribution in [0.5, 0.6) is 0 Å². The van der Waals surface area contributed by atoms with E-state index in [4.69, 9.17) is 0 Å². The molecule has 4 aliphatic rings. The quantitative estimate of drug-likeness (QED) is 0.585. The first-order valence-corrected chi connectivity index (χ1v) is 9.00. The summed E-state index contributed by atoms with van der Waals surface area (Å²) in [4.78, 5) is 0. The minimum Gasteiger partial charge on any atom is -0.0797 e. The van der Waals surface area contributed by atoms with Crippen molar-refractivity contribution in [2.75, 3.05) is 0 Å². The molecule has 4 aliphatic carbocycles. The first kappa shape index (κ1) is 14.3. The average Bonchev–Trinajstić information content (AvgIpc) is 2.54. The minimum atomic E-state index is 0.400. The Bertz CT molecular complexity index is 648. The Labute approximate surface area is 135 Å². The summed E-state index contributed by atoms with van der Waals surface area (Å²) in [5.74, 6) is 2.76. The Morgan fingerprint density at radius 2 is 1.91 bits per heavy atom. The highest BCUT2D eigenvalue weighted by molar-refractivity contribution is 5.53. The molecule has 4 unspecified atom stereocenters. The van der Waals surface area contributed by atoms with Crippen molar-refractivity contribution in [2.24, 2.45) is 29.1 Å². The summed E-state index contributed by atoms with van der Waals surface area (Å²) >= 11 is 0. The molecule has 4 atom stereocenters. The number of allylic oxidation sites excluding steroid dienone is 10. The zero-order valence-corrected chi connectivity index (χ0v) is 14.4. The molecule has 0 aromatic carbocycles. The van der Waals surface area contributed by atoms with E-state index < -0.39 is 0 Å². The Kier molecular flexibility index (Phi) is 3.15. The molecule has 0 aromatic heterocycles. The molecule has 1 fully saturated rings. The van der Waals surface area contributed by atoms with E-state index in [2.05, 4.69) is 64.2 Å². The van der Waals surface area contributed by atoms with Gasteiger partial charge in [0.2, 0.25) is 0 Å². The molecule has 0 heteroatoms. The van der Waals surface area contributed by atoms with E-state index in [1.165, 1.54) is 30.4 Å². The fraction of sp³-hybridized carbons (Fsp3) is 0.545. The van der Waals surface area contributed by atoms with E-state index in [-0.39, 0.29) is 0 Å². The van der Waals surface area contributed by atoms with Crippen LogP contribution in [0.2, 0.25) is 0 Å². The summed E-state index contributed by atoms with van der Waals surface area (Å²) in [6, 6.07) is 0. The standard InChI is InChI=1S/C22H28/c1-5-22(3,4)19-13-10-16-8-11-17-14(2)6-7-15-9-12-18(19)21(16)20(15)17/h6-8,10-11,13,17-20H,5,9,12H2,1-4H3. The second-order valence-electron chi connectivity index (χ2n) is 8.30. The summed E-state index contributed by atoms with van der Waals surface area (Å²) in [7, 11) is 0. The lowest BCUT2D eigenvalue weighted by atomic mass is 9.54. The summed E-state index contributed by atoms with van der Waals surface area (Å²) in [6.45, 7) is 9.58. The van der Waals surface area contributed by atoms with Crippen LogP contribution in [-0.2, 0) is 0 Å². The molecular weight excluding hydrogens is 264 g/mol. The molecule has 1 saturated carbocycles. The first-order valence-electron chi connectivity index (χ1n) is 9.00. The van der Waals surface area contributed by atoms with Gasteiger partial charge in [-0.2, -0.15) is 0 Å². The van der Waals surface area contributed by atoms with Crippen molar-refractivity contribution in [3.05, 3.63) is 58.7 Å². The smallest absolute Gasteiger partial charge is 0.0122 e. The van der Waals surface area contributed by atoms with Crippen LogP contribution >= 0.6 is 0 Å². The Morgan fingerprint density at radius 1 is 1.14 bits per heavy atom. The van der Waals surface area contributed by atoms with Crippen molar-refractivity contribution in [3.8, 4) is 0 Å². The molecule has 0 aromatic rings. The van der Waals surface area contributed by atoms with Crippen molar-refractivity contribution < 1.29 is 0 Å². The summed E-state index contributed by atoms with van der Waals surface area (Å²) in [5.41, 5.74) is 6.92. The number of hydrogen-bond acceptors (Lipinski definition) is 0. The molecule has 0 saturated heterocycles. The Hall–Kier alpha value is -1.30. The SMILES string of the molecule is CCC(C)(C)C1C=CC2=C3C1CCC1=CC=C(C)C(C=C2)C13. The van der Waals surface area contributed by atoms with Gasteiger partial charge in [0.25, 0.3) is 0 Å². The fourth-order valence-corrected chi connectivity index (χ4v) is 5.15. The number of hydrogen-bond donors (Lipinski definition) is 0. The largest absolute Gasteiger partial charge is 0.0797 e. The molecule has 0 aliphatic heterocycles. The molecule has 22 heavy (non-hydrogen) atoms. The van der Waals surface area contributed by atoms with Gasteiger partial charge in [0.1, 0.15) is 0 Å². The molecule has 0 N–H and O–H groups in total. The molecule has 0 bridgehead atoms. The topological polar surface area (TPSA) is 0 Å². The third-order valence-electron chi connectivity index (χ3n) is 6.87. The highest BCUT2D eigenvalue weighted by Gasteiger charge is 2.46. The Morgan fingerprint density at radius 3 is 2.68 bits per heavy atom. The van der Waals surface area contributed by atoms with E-state index in [9.17, 15) is 0 Å². The molecule has 0 spiro atoms. The van der Waals surface area contributed by atoms with Crippen LogP contribution in [0, 0.1) is 29.1 Å². The van der Waals surface area contributed by atoms with Crippen molar-refractivity contribution >= 4 is 0 Å². The molecule has 116 valence electrons. The van der Waals surface area contributed by atoms with Gasteiger partial charge in [0.05, 0.1) is 0 Å². The maximum atomic E-state index is 2.53. The maximum Gasteiger partial charge on any atom is 0.0122 e. The summed E-state index contributed by atoms with van der Waals surface area (Å²) < 4.78 is 0. The van der Waals surface area contributed by atoms with Crippen molar-refractivity contribution in [2.45, 2.75) is 47.0 Å². The van der Waals surface area contributed by atoms with E-state index in [1.807, 2.05) is 0 Å². The third kappa shape index (κ3) is 1.89. The van der Waals surface area contributed by atoms with Crippen LogP contribution in [0.25, 0.3) is 0 Å². The summed E-state index contributed by atoms with van der Waals surface area (Å²) in [5, 5.41) is 0. The highest BCUT2D eigenvalue weighted by Crippen LogP contribution is 2.56. The monoisotopic (exact) mass is 292 g/mol. The molecule has 0 nitrogen and oxygen atoms in total. The van der Waals surface area contributed by atoms with Gasteiger partial charge in [-0.05, 0) is 42.6 Å². The van der Waals surface area contributed by atoms with Crippen LogP contribution in [0.4, 0.5) is 0 Å². The minimum absolute atomic E-state index is 0.400. The molecule has 0 heterocycles. The van der Waals surface area contributed by atoms with E-state index >= 15 is 0 Å². The van der Waals surface area contributed by atoms with Gasteiger partial charge in [-0.1, -0.05) is 80.4 Å². The molecular formula is C22H28. The zero-order valence-electron chi connectivity index (χ0n) is 14.4. The third-order valence-corrected chi connectivity index (χ3v) is 6.87. The zero-order chi connectivity index (χ0) is 15.5. The van der Waals surface area contributed by atoms with Crippen LogP contribution in [0.15, 0.2) is 58.7 Å². The lowest BCUT2D eigenvalue weighted by Gasteiger charge is -2.50. The van der Waals surface area contributed by atoms with Crippen molar-refractivity contribution in [1.29, 1.82) is 0 Å². The van der Waals surface area contributed by atoms with E-state index in [1.54, 1.807) is 11.1 Å². The lowest BCUT2D eigenvalue weighted by molar-refractivity contribution is 0.168. The molecule has 0 radical (unpaired) electrons. The Balaban J connectivity index is 1.81. The van der Waals surface area contributed by atoms with Crippen molar-refractivity contribution in [1.82, 2.24) is 0 Å². The predicted molar refractivity (Wildman–Crippen MR) is 94.4 cm³/mol. The highest BCUT2D eigenvalue weighted by atomic mass is 14.5. The van der Waals surface area contributed by atoms with Crippen LogP contribution in [0.3, 0.4) is 0 Å². The second-order valence-corrected chi connectivity index (χ2v) is 8.30. The van der Waals surface area contributed by atoms with Crippen LogP contribution in [-0.4, -0.2) is 0 Å². The van der Waals surface area contributed by atoms with Gasteiger partial charge in [-0.3, -0.25) is 0 Å². The van der Waals surface area contributed by atoms with Gasteiger partial charge in [0, 0.05) is 11.8 Å². The molecule has 0 amide bonds. The maximum absolute atomic E-state index is 2.53.